The number of methoxy groups -OCH3 is 1. The maximum absolute atomic E-state index is 11.2. The fourth-order valence-electron chi connectivity index (χ4n) is 1.06. The number of hydrogen-bond donors (Lipinski definition) is 2. The van der Waals surface area contributed by atoms with Gasteiger partial charge in [0.1, 0.15) is 0 Å². The van der Waals surface area contributed by atoms with Crippen LogP contribution in [0.5, 0.6) is 0 Å². The lowest BCUT2D eigenvalue weighted by Crippen LogP contribution is -2.28. The molecule has 78 valence electrons. The molecule has 0 heterocycles. The van der Waals surface area contributed by atoms with E-state index in [4.69, 9.17) is 10.5 Å². The van der Waals surface area contributed by atoms with E-state index in [2.05, 4.69) is 5.32 Å². The van der Waals surface area contributed by atoms with E-state index in [0.717, 1.165) is 6.42 Å². The molecule has 0 fully saturated rings. The molecule has 0 bridgehead atoms. The summed E-state index contributed by atoms with van der Waals surface area (Å²) in [4.78, 5) is 11.2. The first-order chi connectivity index (χ1) is 6.20. The van der Waals surface area contributed by atoms with Gasteiger partial charge in [-0.15, -0.1) is 0 Å². The largest absolute Gasteiger partial charge is 0.384 e. The number of ether oxygens (including phenoxy) is 1. The molecule has 0 saturated heterocycles. The Balaban J connectivity index is 3.38. The molecule has 0 spiro atoms. The second kappa shape index (κ2) is 8.01. The highest BCUT2D eigenvalue weighted by Crippen LogP contribution is 2.00. The van der Waals surface area contributed by atoms with Crippen molar-refractivity contribution in [3.63, 3.8) is 0 Å². The van der Waals surface area contributed by atoms with Crippen LogP contribution in [0.3, 0.4) is 0 Å². The molecule has 0 radical (unpaired) electrons. The Labute approximate surface area is 79.8 Å². The lowest BCUT2D eigenvalue weighted by Gasteiger charge is -2.09. The van der Waals surface area contributed by atoms with Gasteiger partial charge in [-0.25, -0.2) is 0 Å². The zero-order valence-corrected chi connectivity index (χ0v) is 8.51. The van der Waals surface area contributed by atoms with Crippen molar-refractivity contribution in [3.05, 3.63) is 0 Å². The summed E-state index contributed by atoms with van der Waals surface area (Å²) in [5.74, 6) is 0.362. The van der Waals surface area contributed by atoms with E-state index in [1.54, 1.807) is 7.11 Å². The normalized spacial score (nSPS) is 12.5. The number of carbonyl (C=O) groups is 1. The molecule has 0 aliphatic carbocycles. The van der Waals surface area contributed by atoms with Crippen LogP contribution in [0.4, 0.5) is 0 Å². The lowest BCUT2D eigenvalue weighted by atomic mass is 10.1. The van der Waals surface area contributed by atoms with Gasteiger partial charge in [0.15, 0.2) is 0 Å². The predicted molar refractivity (Wildman–Crippen MR) is 52.3 cm³/mol. The van der Waals surface area contributed by atoms with Gasteiger partial charge in [-0.1, -0.05) is 6.92 Å². The van der Waals surface area contributed by atoms with E-state index in [1.807, 2.05) is 6.92 Å². The number of amides is 1. The molecule has 3 N–H and O–H groups in total. The zero-order valence-electron chi connectivity index (χ0n) is 8.51. The zero-order chi connectivity index (χ0) is 10.1. The molecule has 4 nitrogen and oxygen atoms in total. The topological polar surface area (TPSA) is 64.3 Å². The SMILES string of the molecule is COCC(C)CC(=O)NCCCN. The quantitative estimate of drug-likeness (QED) is 0.558. The maximum atomic E-state index is 11.2. The van der Waals surface area contributed by atoms with Gasteiger partial charge in [-0.2, -0.15) is 0 Å². The molecule has 13 heavy (non-hydrogen) atoms. The van der Waals surface area contributed by atoms with Crippen molar-refractivity contribution in [3.8, 4) is 0 Å². The third kappa shape index (κ3) is 7.74. The van der Waals surface area contributed by atoms with Crippen molar-refractivity contribution < 1.29 is 9.53 Å². The van der Waals surface area contributed by atoms with Crippen LogP contribution in [0.15, 0.2) is 0 Å². The minimum absolute atomic E-state index is 0.0815. The molecular weight excluding hydrogens is 168 g/mol. The monoisotopic (exact) mass is 188 g/mol. The van der Waals surface area contributed by atoms with Crippen LogP contribution in [0, 0.1) is 5.92 Å². The Morgan fingerprint density at radius 1 is 1.62 bits per heavy atom. The van der Waals surface area contributed by atoms with Crippen LogP contribution in [-0.4, -0.2) is 32.7 Å². The van der Waals surface area contributed by atoms with Crippen molar-refractivity contribution in [2.75, 3.05) is 26.8 Å². The van der Waals surface area contributed by atoms with Crippen molar-refractivity contribution in [2.45, 2.75) is 19.8 Å². The first-order valence-corrected chi connectivity index (χ1v) is 4.66. The molecule has 0 aromatic rings. The predicted octanol–water partition coefficient (Wildman–Crippen LogP) is 0.124. The van der Waals surface area contributed by atoms with E-state index in [0.29, 0.717) is 26.1 Å². The number of nitrogens with two attached hydrogens (primary N) is 1. The molecule has 0 saturated carbocycles. The molecule has 1 atom stereocenters. The summed E-state index contributed by atoms with van der Waals surface area (Å²) in [7, 11) is 1.64. The number of rotatable bonds is 7. The van der Waals surface area contributed by atoms with Gasteiger partial charge in [-0.05, 0) is 18.9 Å². The molecule has 4 heteroatoms. The van der Waals surface area contributed by atoms with Crippen molar-refractivity contribution >= 4 is 5.91 Å². The smallest absolute Gasteiger partial charge is 0.220 e. The molecule has 0 rings (SSSR count). The Kier molecular flexibility index (Phi) is 7.63. The Morgan fingerprint density at radius 3 is 2.85 bits per heavy atom. The summed E-state index contributed by atoms with van der Waals surface area (Å²) in [6, 6.07) is 0. The molecule has 0 aromatic carbocycles. The Bertz CT molecular complexity index is 140. The highest BCUT2D eigenvalue weighted by atomic mass is 16.5. The van der Waals surface area contributed by atoms with Crippen LogP contribution >= 0.6 is 0 Å². The maximum Gasteiger partial charge on any atom is 0.220 e. The fraction of sp³-hybridized carbons (Fsp3) is 0.889. The van der Waals surface area contributed by atoms with Crippen LogP contribution in [0.1, 0.15) is 19.8 Å². The van der Waals surface area contributed by atoms with Gasteiger partial charge in [-0.3, -0.25) is 4.79 Å². The highest BCUT2D eigenvalue weighted by molar-refractivity contribution is 5.76. The molecule has 1 amide bonds. The van der Waals surface area contributed by atoms with Crippen LogP contribution in [0.2, 0.25) is 0 Å². The van der Waals surface area contributed by atoms with Gasteiger partial charge in [0.2, 0.25) is 5.91 Å². The summed E-state index contributed by atoms with van der Waals surface area (Å²) in [5.41, 5.74) is 5.29. The van der Waals surface area contributed by atoms with Gasteiger partial charge in [0.25, 0.3) is 0 Å². The second-order valence-corrected chi connectivity index (χ2v) is 3.26. The van der Waals surface area contributed by atoms with Crippen molar-refractivity contribution in [1.29, 1.82) is 0 Å². The first kappa shape index (κ1) is 12.4. The van der Waals surface area contributed by atoms with Crippen LogP contribution < -0.4 is 11.1 Å². The number of nitrogens with one attached hydrogen (secondary N) is 1. The molecule has 1 unspecified atom stereocenters. The lowest BCUT2D eigenvalue weighted by molar-refractivity contribution is -0.122. The second-order valence-electron chi connectivity index (χ2n) is 3.26. The Hall–Kier alpha value is -0.610. The van der Waals surface area contributed by atoms with E-state index in [-0.39, 0.29) is 11.8 Å². The minimum atomic E-state index is 0.0815. The average Bonchev–Trinajstić information content (AvgIpc) is 2.05. The fourth-order valence-corrected chi connectivity index (χ4v) is 1.06. The summed E-state index contributed by atoms with van der Waals surface area (Å²) in [6.07, 6.45) is 1.36. The number of carbonyl (C=O) groups excluding carboxylic acids is 1. The van der Waals surface area contributed by atoms with Gasteiger partial charge >= 0.3 is 0 Å². The highest BCUT2D eigenvalue weighted by Gasteiger charge is 2.07. The van der Waals surface area contributed by atoms with Crippen LogP contribution in [0.25, 0.3) is 0 Å². The summed E-state index contributed by atoms with van der Waals surface area (Å²) in [6.45, 7) is 3.92. The van der Waals surface area contributed by atoms with Crippen molar-refractivity contribution in [1.82, 2.24) is 5.32 Å². The van der Waals surface area contributed by atoms with Crippen molar-refractivity contribution in [2.24, 2.45) is 11.7 Å². The summed E-state index contributed by atoms with van der Waals surface area (Å²) in [5, 5.41) is 2.80. The summed E-state index contributed by atoms with van der Waals surface area (Å²) >= 11 is 0. The number of hydrogen-bond acceptors (Lipinski definition) is 3. The minimum Gasteiger partial charge on any atom is -0.384 e. The standard InChI is InChI=1S/C9H20N2O2/c1-8(7-13-2)6-9(12)11-5-3-4-10/h8H,3-7,10H2,1-2H3,(H,11,12). The van der Waals surface area contributed by atoms with E-state index in [9.17, 15) is 4.79 Å². The first-order valence-electron chi connectivity index (χ1n) is 4.66. The van der Waals surface area contributed by atoms with Gasteiger partial charge in [0, 0.05) is 26.7 Å². The van der Waals surface area contributed by atoms with Crippen LogP contribution in [-0.2, 0) is 9.53 Å². The van der Waals surface area contributed by atoms with E-state index < -0.39 is 0 Å². The van der Waals surface area contributed by atoms with Gasteiger partial charge in [0.05, 0.1) is 0 Å². The van der Waals surface area contributed by atoms with E-state index >= 15 is 0 Å². The third-order valence-electron chi connectivity index (χ3n) is 1.69. The Morgan fingerprint density at radius 2 is 2.31 bits per heavy atom. The third-order valence-corrected chi connectivity index (χ3v) is 1.69. The molecular formula is C9H20N2O2. The molecule has 0 aliphatic heterocycles. The van der Waals surface area contributed by atoms with E-state index in [1.165, 1.54) is 0 Å². The molecule has 0 aliphatic rings. The average molecular weight is 188 g/mol. The molecule has 0 aromatic heterocycles. The summed E-state index contributed by atoms with van der Waals surface area (Å²) < 4.78 is 4.93. The van der Waals surface area contributed by atoms with Gasteiger partial charge < -0.3 is 15.8 Å².